The van der Waals surface area contributed by atoms with E-state index in [1.165, 1.54) is 24.8 Å². The monoisotopic (exact) mass is 261 g/mol. The lowest BCUT2D eigenvalue weighted by Crippen LogP contribution is -2.40. The van der Waals surface area contributed by atoms with E-state index in [1.54, 1.807) is 7.11 Å². The molecule has 1 N–H and O–H groups in total. The third kappa shape index (κ3) is 3.11. The molecule has 0 bridgehead atoms. The summed E-state index contributed by atoms with van der Waals surface area (Å²) in [5, 5.41) is 3.87. The Morgan fingerprint density at radius 2 is 2.11 bits per heavy atom. The van der Waals surface area contributed by atoms with Gasteiger partial charge in [-0.25, -0.2) is 0 Å². The first-order valence-electron chi connectivity index (χ1n) is 7.47. The van der Waals surface area contributed by atoms with Gasteiger partial charge in [-0.15, -0.1) is 0 Å². The Hall–Kier alpha value is -1.02. The summed E-state index contributed by atoms with van der Waals surface area (Å²) in [6, 6.07) is 9.37. The summed E-state index contributed by atoms with van der Waals surface area (Å²) in [5.74, 6) is 0.998. The van der Waals surface area contributed by atoms with Crippen LogP contribution in [0.3, 0.4) is 0 Å². The molecule has 0 saturated heterocycles. The molecular formula is C17H27NO. The molecule has 2 nitrogen and oxygen atoms in total. The highest BCUT2D eigenvalue weighted by molar-refractivity contribution is 5.36. The number of rotatable bonds is 5. The standard InChI is InChI=1S/C17H27NO/c1-5-14(13-9-6-7-10-15(13)19-4)18-16-11-8-12-17(16,2)3/h6-7,9-10,14,16,18H,5,8,11-12H2,1-4H3. The lowest BCUT2D eigenvalue weighted by molar-refractivity contribution is 0.257. The molecule has 0 radical (unpaired) electrons. The lowest BCUT2D eigenvalue weighted by atomic mass is 9.86. The molecule has 19 heavy (non-hydrogen) atoms. The van der Waals surface area contributed by atoms with E-state index in [4.69, 9.17) is 4.74 Å². The molecule has 1 aliphatic rings. The van der Waals surface area contributed by atoms with Crippen LogP contribution in [0.15, 0.2) is 24.3 Å². The molecule has 1 aromatic carbocycles. The number of nitrogens with one attached hydrogen (secondary N) is 1. The average Bonchev–Trinajstić information content (AvgIpc) is 2.75. The zero-order valence-corrected chi connectivity index (χ0v) is 12.7. The highest BCUT2D eigenvalue weighted by Crippen LogP contribution is 2.39. The van der Waals surface area contributed by atoms with Gasteiger partial charge in [0.05, 0.1) is 7.11 Å². The van der Waals surface area contributed by atoms with Crippen molar-refractivity contribution in [2.75, 3.05) is 7.11 Å². The number of ether oxygens (including phenoxy) is 1. The molecule has 0 heterocycles. The minimum absolute atomic E-state index is 0.388. The molecule has 0 spiro atoms. The predicted molar refractivity (Wildman–Crippen MR) is 80.6 cm³/mol. The Morgan fingerprint density at radius 1 is 1.37 bits per heavy atom. The molecule has 2 atom stereocenters. The van der Waals surface area contributed by atoms with Crippen LogP contribution in [-0.4, -0.2) is 13.2 Å². The molecule has 0 aromatic heterocycles. The summed E-state index contributed by atoms with van der Waals surface area (Å²) in [6.07, 6.45) is 5.05. The number of methoxy groups -OCH3 is 1. The van der Waals surface area contributed by atoms with E-state index in [-0.39, 0.29) is 0 Å². The van der Waals surface area contributed by atoms with Gasteiger partial charge < -0.3 is 10.1 Å². The molecule has 1 aliphatic carbocycles. The van der Waals surface area contributed by atoms with Crippen molar-refractivity contribution < 1.29 is 4.74 Å². The summed E-state index contributed by atoms with van der Waals surface area (Å²) in [5.41, 5.74) is 1.70. The van der Waals surface area contributed by atoms with Crippen LogP contribution in [0.4, 0.5) is 0 Å². The molecular weight excluding hydrogens is 234 g/mol. The van der Waals surface area contributed by atoms with Gasteiger partial charge in [-0.2, -0.15) is 0 Å². The zero-order chi connectivity index (χ0) is 13.9. The van der Waals surface area contributed by atoms with E-state index in [2.05, 4.69) is 44.3 Å². The first-order chi connectivity index (χ1) is 9.08. The van der Waals surface area contributed by atoms with Gasteiger partial charge in [0.25, 0.3) is 0 Å². The molecule has 2 unspecified atom stereocenters. The van der Waals surface area contributed by atoms with Crippen LogP contribution in [0.25, 0.3) is 0 Å². The highest BCUT2D eigenvalue weighted by atomic mass is 16.5. The maximum atomic E-state index is 5.50. The van der Waals surface area contributed by atoms with Crippen LogP contribution in [0.1, 0.15) is 58.1 Å². The molecule has 2 rings (SSSR count). The van der Waals surface area contributed by atoms with Gasteiger partial charge >= 0.3 is 0 Å². The summed E-state index contributed by atoms with van der Waals surface area (Å²) in [7, 11) is 1.76. The number of hydrogen-bond donors (Lipinski definition) is 1. The van der Waals surface area contributed by atoms with Gasteiger partial charge in [0.2, 0.25) is 0 Å². The minimum Gasteiger partial charge on any atom is -0.496 e. The van der Waals surface area contributed by atoms with Crippen molar-refractivity contribution in [3.8, 4) is 5.75 Å². The van der Waals surface area contributed by atoms with Gasteiger partial charge in [0.15, 0.2) is 0 Å². The van der Waals surface area contributed by atoms with Crippen LogP contribution in [0.2, 0.25) is 0 Å². The van der Waals surface area contributed by atoms with E-state index in [0.717, 1.165) is 12.2 Å². The summed E-state index contributed by atoms with van der Waals surface area (Å²) in [4.78, 5) is 0. The summed E-state index contributed by atoms with van der Waals surface area (Å²) in [6.45, 7) is 7.01. The van der Waals surface area contributed by atoms with Crippen molar-refractivity contribution in [1.29, 1.82) is 0 Å². The second-order valence-electron chi connectivity index (χ2n) is 6.30. The Kier molecular flexibility index (Phi) is 4.51. The molecule has 0 aliphatic heterocycles. The summed E-state index contributed by atoms with van der Waals surface area (Å²) < 4.78 is 5.50. The van der Waals surface area contributed by atoms with Crippen molar-refractivity contribution in [1.82, 2.24) is 5.32 Å². The second-order valence-corrected chi connectivity index (χ2v) is 6.30. The van der Waals surface area contributed by atoms with Crippen LogP contribution in [0.5, 0.6) is 5.75 Å². The smallest absolute Gasteiger partial charge is 0.123 e. The fourth-order valence-electron chi connectivity index (χ4n) is 3.26. The topological polar surface area (TPSA) is 21.3 Å². The fraction of sp³-hybridized carbons (Fsp3) is 0.647. The van der Waals surface area contributed by atoms with Crippen molar-refractivity contribution in [2.45, 2.75) is 58.5 Å². The van der Waals surface area contributed by atoms with Gasteiger partial charge in [0, 0.05) is 17.6 Å². The molecule has 2 heteroatoms. The van der Waals surface area contributed by atoms with Crippen LogP contribution >= 0.6 is 0 Å². The van der Waals surface area contributed by atoms with Crippen LogP contribution < -0.4 is 10.1 Å². The lowest BCUT2D eigenvalue weighted by Gasteiger charge is -2.32. The molecule has 1 aromatic rings. The second kappa shape index (κ2) is 5.96. The van der Waals surface area contributed by atoms with E-state index in [0.29, 0.717) is 17.5 Å². The third-order valence-corrected chi connectivity index (χ3v) is 4.58. The Labute approximate surface area is 117 Å². The molecule has 1 saturated carbocycles. The number of para-hydroxylation sites is 1. The zero-order valence-electron chi connectivity index (χ0n) is 12.7. The Bertz CT molecular complexity index is 413. The quantitative estimate of drug-likeness (QED) is 0.852. The molecule has 106 valence electrons. The SMILES string of the molecule is CCC(NC1CCCC1(C)C)c1ccccc1OC. The third-order valence-electron chi connectivity index (χ3n) is 4.58. The number of benzene rings is 1. The van der Waals surface area contributed by atoms with Gasteiger partial charge in [-0.1, -0.05) is 45.4 Å². The predicted octanol–water partition coefficient (Wildman–Crippen LogP) is 4.31. The maximum absolute atomic E-state index is 5.50. The Morgan fingerprint density at radius 3 is 2.68 bits per heavy atom. The number of hydrogen-bond acceptors (Lipinski definition) is 2. The largest absolute Gasteiger partial charge is 0.496 e. The van der Waals surface area contributed by atoms with Gasteiger partial charge in [-0.05, 0) is 30.7 Å². The normalized spacial score (nSPS) is 23.3. The first-order valence-corrected chi connectivity index (χ1v) is 7.47. The highest BCUT2D eigenvalue weighted by Gasteiger charge is 2.35. The molecule has 0 amide bonds. The van der Waals surface area contributed by atoms with E-state index in [9.17, 15) is 0 Å². The van der Waals surface area contributed by atoms with E-state index < -0.39 is 0 Å². The van der Waals surface area contributed by atoms with E-state index in [1.807, 2.05) is 6.07 Å². The minimum atomic E-state index is 0.388. The van der Waals surface area contributed by atoms with Crippen molar-refractivity contribution in [3.63, 3.8) is 0 Å². The fourth-order valence-corrected chi connectivity index (χ4v) is 3.26. The summed E-state index contributed by atoms with van der Waals surface area (Å²) >= 11 is 0. The van der Waals surface area contributed by atoms with E-state index >= 15 is 0 Å². The van der Waals surface area contributed by atoms with Gasteiger partial charge in [-0.3, -0.25) is 0 Å². The molecule has 1 fully saturated rings. The van der Waals surface area contributed by atoms with Gasteiger partial charge in [0.1, 0.15) is 5.75 Å². The van der Waals surface area contributed by atoms with Crippen molar-refractivity contribution >= 4 is 0 Å². The van der Waals surface area contributed by atoms with Crippen molar-refractivity contribution in [2.24, 2.45) is 5.41 Å². The first kappa shape index (κ1) is 14.4. The average molecular weight is 261 g/mol. The van der Waals surface area contributed by atoms with Crippen LogP contribution in [0, 0.1) is 5.41 Å². The van der Waals surface area contributed by atoms with Crippen molar-refractivity contribution in [3.05, 3.63) is 29.8 Å². The Balaban J connectivity index is 2.16. The maximum Gasteiger partial charge on any atom is 0.123 e. The van der Waals surface area contributed by atoms with Crippen LogP contribution in [-0.2, 0) is 0 Å².